The first kappa shape index (κ1) is 13.3. The van der Waals surface area contributed by atoms with Crippen LogP contribution < -0.4 is 10.1 Å². The Kier molecular flexibility index (Phi) is 4.70. The molecule has 3 heteroatoms. The summed E-state index contributed by atoms with van der Waals surface area (Å²) in [7, 11) is 1.76. The number of nitrogens with one attached hydrogen (secondary N) is 1. The highest BCUT2D eigenvalue weighted by Crippen LogP contribution is 2.14. The molecule has 3 nitrogen and oxygen atoms in total. The molecule has 19 heavy (non-hydrogen) atoms. The maximum Gasteiger partial charge on any atom is 0.176 e. The highest BCUT2D eigenvalue weighted by Gasteiger charge is 2.04. The molecule has 0 unspecified atom stereocenters. The second kappa shape index (κ2) is 6.71. The largest absolute Gasteiger partial charge is 0.489 e. The molecule has 0 aliphatic heterocycles. The summed E-state index contributed by atoms with van der Waals surface area (Å²) in [5.41, 5.74) is 1.82. The zero-order chi connectivity index (χ0) is 13.5. The molecule has 2 aromatic carbocycles. The van der Waals surface area contributed by atoms with Gasteiger partial charge in [-0.2, -0.15) is 0 Å². The quantitative estimate of drug-likeness (QED) is 0.806. The van der Waals surface area contributed by atoms with Gasteiger partial charge in [-0.3, -0.25) is 4.79 Å². The van der Waals surface area contributed by atoms with Crippen LogP contribution in [-0.4, -0.2) is 19.4 Å². The van der Waals surface area contributed by atoms with Crippen molar-refractivity contribution >= 4 is 5.78 Å². The van der Waals surface area contributed by atoms with Crippen molar-refractivity contribution in [2.45, 2.75) is 6.61 Å². The highest BCUT2D eigenvalue weighted by atomic mass is 16.5. The van der Waals surface area contributed by atoms with Crippen molar-refractivity contribution in [1.82, 2.24) is 5.32 Å². The number of carbonyl (C=O) groups excluding carboxylic acids is 1. The molecule has 0 spiro atoms. The molecule has 98 valence electrons. The summed E-state index contributed by atoms with van der Waals surface area (Å²) in [6, 6.07) is 17.2. The maximum absolute atomic E-state index is 11.6. The summed E-state index contributed by atoms with van der Waals surface area (Å²) < 4.78 is 5.66. The van der Waals surface area contributed by atoms with Gasteiger partial charge in [-0.25, -0.2) is 0 Å². The molecule has 0 aliphatic carbocycles. The van der Waals surface area contributed by atoms with Crippen LogP contribution in [-0.2, 0) is 6.61 Å². The monoisotopic (exact) mass is 255 g/mol. The third kappa shape index (κ3) is 3.93. The summed E-state index contributed by atoms with van der Waals surface area (Å²) in [4.78, 5) is 11.6. The van der Waals surface area contributed by atoms with Crippen molar-refractivity contribution in [3.8, 4) is 5.75 Å². The molecular formula is C16H17NO2. The van der Waals surface area contributed by atoms with Crippen LogP contribution in [0.15, 0.2) is 54.6 Å². The molecule has 2 aromatic rings. The van der Waals surface area contributed by atoms with Crippen LogP contribution in [0.25, 0.3) is 0 Å². The Balaban J connectivity index is 1.94. The average molecular weight is 255 g/mol. The second-order valence-corrected chi connectivity index (χ2v) is 4.25. The zero-order valence-electron chi connectivity index (χ0n) is 10.9. The van der Waals surface area contributed by atoms with E-state index in [1.165, 1.54) is 0 Å². The first-order valence-electron chi connectivity index (χ1n) is 6.24. The van der Waals surface area contributed by atoms with Crippen LogP contribution in [0.5, 0.6) is 5.75 Å². The SMILES string of the molecule is CNCC(=O)c1ccc(OCc2ccccc2)cc1. The van der Waals surface area contributed by atoms with Gasteiger partial charge in [0.15, 0.2) is 5.78 Å². The van der Waals surface area contributed by atoms with E-state index in [0.29, 0.717) is 18.7 Å². The number of hydrogen-bond acceptors (Lipinski definition) is 3. The lowest BCUT2D eigenvalue weighted by atomic mass is 10.1. The van der Waals surface area contributed by atoms with Crippen LogP contribution >= 0.6 is 0 Å². The van der Waals surface area contributed by atoms with Crippen molar-refractivity contribution in [1.29, 1.82) is 0 Å². The highest BCUT2D eigenvalue weighted by molar-refractivity contribution is 5.97. The summed E-state index contributed by atoms with van der Waals surface area (Å²) >= 11 is 0. The van der Waals surface area contributed by atoms with Crippen LogP contribution in [0, 0.1) is 0 Å². The van der Waals surface area contributed by atoms with Crippen LogP contribution in [0.4, 0.5) is 0 Å². The average Bonchev–Trinajstić information content (AvgIpc) is 2.47. The fourth-order valence-electron chi connectivity index (χ4n) is 1.74. The Hall–Kier alpha value is -2.13. The number of ether oxygens (including phenoxy) is 1. The minimum absolute atomic E-state index is 0.0807. The van der Waals surface area contributed by atoms with Gasteiger partial charge in [-0.15, -0.1) is 0 Å². The predicted octanol–water partition coefficient (Wildman–Crippen LogP) is 2.67. The summed E-state index contributed by atoms with van der Waals surface area (Å²) in [6.45, 7) is 0.884. The van der Waals surface area contributed by atoms with E-state index in [1.54, 1.807) is 19.2 Å². The molecule has 0 aromatic heterocycles. The van der Waals surface area contributed by atoms with Gasteiger partial charge in [0.25, 0.3) is 0 Å². The van der Waals surface area contributed by atoms with Crippen molar-refractivity contribution in [3.63, 3.8) is 0 Å². The van der Waals surface area contributed by atoms with Crippen LogP contribution in [0.1, 0.15) is 15.9 Å². The Morgan fingerprint density at radius 3 is 2.37 bits per heavy atom. The van der Waals surface area contributed by atoms with Gasteiger partial charge in [-0.1, -0.05) is 30.3 Å². The fraction of sp³-hybridized carbons (Fsp3) is 0.188. The smallest absolute Gasteiger partial charge is 0.176 e. The minimum Gasteiger partial charge on any atom is -0.489 e. The van der Waals surface area contributed by atoms with Gasteiger partial charge in [0, 0.05) is 5.56 Å². The molecule has 0 radical (unpaired) electrons. The van der Waals surface area contributed by atoms with Gasteiger partial charge in [-0.05, 0) is 36.9 Å². The summed E-state index contributed by atoms with van der Waals surface area (Å²) in [5, 5.41) is 2.85. The number of ketones is 1. The molecule has 0 atom stereocenters. The number of benzene rings is 2. The maximum atomic E-state index is 11.6. The molecule has 0 saturated carbocycles. The number of likely N-dealkylation sites (N-methyl/N-ethyl adjacent to an activating group) is 1. The normalized spacial score (nSPS) is 10.2. The molecule has 0 amide bonds. The van der Waals surface area contributed by atoms with E-state index in [4.69, 9.17) is 4.74 Å². The lowest BCUT2D eigenvalue weighted by molar-refractivity contribution is 0.0993. The molecule has 0 bridgehead atoms. The van der Waals surface area contributed by atoms with Crippen LogP contribution in [0.2, 0.25) is 0 Å². The van der Waals surface area contributed by atoms with Crippen LogP contribution in [0.3, 0.4) is 0 Å². The predicted molar refractivity (Wildman–Crippen MR) is 75.5 cm³/mol. The second-order valence-electron chi connectivity index (χ2n) is 4.25. The third-order valence-electron chi connectivity index (χ3n) is 2.76. The number of hydrogen-bond donors (Lipinski definition) is 1. The van der Waals surface area contributed by atoms with Crippen molar-refractivity contribution < 1.29 is 9.53 Å². The van der Waals surface area contributed by atoms with Crippen molar-refractivity contribution in [3.05, 3.63) is 65.7 Å². The van der Waals surface area contributed by atoms with Gasteiger partial charge < -0.3 is 10.1 Å². The number of Topliss-reactive ketones (excluding diaryl/α,β-unsaturated/α-hetero) is 1. The number of carbonyl (C=O) groups is 1. The van der Waals surface area contributed by atoms with E-state index in [2.05, 4.69) is 5.32 Å². The molecule has 0 aliphatic rings. The third-order valence-corrected chi connectivity index (χ3v) is 2.76. The fourth-order valence-corrected chi connectivity index (χ4v) is 1.74. The lowest BCUT2D eigenvalue weighted by Gasteiger charge is -2.07. The van der Waals surface area contributed by atoms with E-state index >= 15 is 0 Å². The minimum atomic E-state index is 0.0807. The van der Waals surface area contributed by atoms with E-state index in [0.717, 1.165) is 11.3 Å². The Morgan fingerprint density at radius 2 is 1.74 bits per heavy atom. The van der Waals surface area contributed by atoms with E-state index in [-0.39, 0.29) is 5.78 Å². The molecule has 1 N–H and O–H groups in total. The first-order chi connectivity index (χ1) is 9.29. The first-order valence-corrected chi connectivity index (χ1v) is 6.24. The van der Waals surface area contributed by atoms with E-state index in [9.17, 15) is 4.79 Å². The van der Waals surface area contributed by atoms with Gasteiger partial charge in [0.1, 0.15) is 12.4 Å². The van der Waals surface area contributed by atoms with E-state index in [1.807, 2.05) is 42.5 Å². The topological polar surface area (TPSA) is 38.3 Å². The molecular weight excluding hydrogens is 238 g/mol. The Labute approximate surface area is 113 Å². The lowest BCUT2D eigenvalue weighted by Crippen LogP contribution is -2.18. The van der Waals surface area contributed by atoms with Crippen molar-refractivity contribution in [2.24, 2.45) is 0 Å². The molecule has 0 heterocycles. The van der Waals surface area contributed by atoms with Gasteiger partial charge >= 0.3 is 0 Å². The summed E-state index contributed by atoms with van der Waals surface area (Å²) in [6.07, 6.45) is 0. The Bertz CT molecular complexity index is 520. The van der Waals surface area contributed by atoms with Gasteiger partial charge in [0.05, 0.1) is 6.54 Å². The zero-order valence-corrected chi connectivity index (χ0v) is 10.9. The summed E-state index contributed by atoms with van der Waals surface area (Å²) in [5.74, 6) is 0.849. The van der Waals surface area contributed by atoms with Gasteiger partial charge in [0.2, 0.25) is 0 Å². The molecule has 0 saturated heterocycles. The standard InChI is InChI=1S/C16H17NO2/c1-17-11-16(18)14-7-9-15(10-8-14)19-12-13-5-3-2-4-6-13/h2-10,17H,11-12H2,1H3. The Morgan fingerprint density at radius 1 is 1.05 bits per heavy atom. The van der Waals surface area contributed by atoms with Crippen molar-refractivity contribution in [2.75, 3.05) is 13.6 Å². The number of rotatable bonds is 6. The van der Waals surface area contributed by atoms with E-state index < -0.39 is 0 Å². The molecule has 2 rings (SSSR count). The molecule has 0 fully saturated rings.